The molecule has 2 aromatic rings. The van der Waals surface area contributed by atoms with Crippen LogP contribution in [-0.2, 0) is 4.79 Å². The summed E-state index contributed by atoms with van der Waals surface area (Å²) in [4.78, 5) is 17.1. The van der Waals surface area contributed by atoms with Crippen LogP contribution in [0, 0.1) is 13.8 Å². The number of amidine groups is 1. The van der Waals surface area contributed by atoms with Gasteiger partial charge in [0.25, 0.3) is 5.91 Å². The molecule has 1 heterocycles. The Balaban J connectivity index is 1.84. The lowest BCUT2D eigenvalue weighted by molar-refractivity contribution is -0.115. The van der Waals surface area contributed by atoms with E-state index in [1.807, 2.05) is 32.0 Å². The number of aromatic hydroxyl groups is 1. The molecule has 24 heavy (non-hydrogen) atoms. The molecule has 1 amide bonds. The molecule has 1 fully saturated rings. The van der Waals surface area contributed by atoms with Gasteiger partial charge >= 0.3 is 0 Å². The van der Waals surface area contributed by atoms with Gasteiger partial charge < -0.3 is 10.4 Å². The molecular weight excluding hydrogens is 344 g/mol. The zero-order valence-electron chi connectivity index (χ0n) is 13.1. The maximum Gasteiger partial charge on any atom is 0.264 e. The fourth-order valence-corrected chi connectivity index (χ4v) is 3.19. The van der Waals surface area contributed by atoms with Crippen LogP contribution in [0.3, 0.4) is 0 Å². The molecule has 2 aromatic carbocycles. The van der Waals surface area contributed by atoms with E-state index in [4.69, 9.17) is 11.6 Å². The van der Waals surface area contributed by atoms with E-state index in [0.717, 1.165) is 16.8 Å². The maximum atomic E-state index is 12.1. The maximum absolute atomic E-state index is 12.1. The second-order valence-corrected chi connectivity index (χ2v) is 6.90. The average Bonchev–Trinajstić information content (AvgIpc) is 2.86. The quantitative estimate of drug-likeness (QED) is 0.774. The molecule has 4 nitrogen and oxygen atoms in total. The fraction of sp³-hybridized carbons (Fsp3) is 0.111. The summed E-state index contributed by atoms with van der Waals surface area (Å²) in [7, 11) is 0. The van der Waals surface area contributed by atoms with Gasteiger partial charge in [-0.25, -0.2) is 4.99 Å². The van der Waals surface area contributed by atoms with E-state index in [9.17, 15) is 9.90 Å². The van der Waals surface area contributed by atoms with Gasteiger partial charge in [-0.15, -0.1) is 0 Å². The second kappa shape index (κ2) is 6.71. The van der Waals surface area contributed by atoms with Crippen LogP contribution in [0.2, 0.25) is 5.02 Å². The highest BCUT2D eigenvalue weighted by Crippen LogP contribution is 2.30. The Morgan fingerprint density at radius 3 is 2.67 bits per heavy atom. The molecule has 3 rings (SSSR count). The number of benzene rings is 2. The fourth-order valence-electron chi connectivity index (χ4n) is 2.16. The predicted octanol–water partition coefficient (Wildman–Crippen LogP) is 4.55. The van der Waals surface area contributed by atoms with Crippen molar-refractivity contribution in [2.45, 2.75) is 13.8 Å². The molecule has 1 aliphatic rings. The van der Waals surface area contributed by atoms with Crippen LogP contribution in [0.5, 0.6) is 5.75 Å². The molecule has 0 aromatic heterocycles. The van der Waals surface area contributed by atoms with Gasteiger partial charge in [0.05, 0.1) is 15.6 Å². The number of aliphatic imine (C=N–C) groups is 1. The second-order valence-electron chi connectivity index (χ2n) is 5.46. The number of carbonyl (C=O) groups is 1. The molecule has 1 aliphatic heterocycles. The van der Waals surface area contributed by atoms with Crippen molar-refractivity contribution in [3.8, 4) is 5.75 Å². The Kier molecular flexibility index (Phi) is 4.64. The van der Waals surface area contributed by atoms with Crippen molar-refractivity contribution in [3.63, 3.8) is 0 Å². The van der Waals surface area contributed by atoms with Gasteiger partial charge in [0.2, 0.25) is 0 Å². The number of carbonyl (C=O) groups excluding carboxylic acids is 1. The summed E-state index contributed by atoms with van der Waals surface area (Å²) in [6.07, 6.45) is 1.72. The van der Waals surface area contributed by atoms with Crippen LogP contribution in [0.15, 0.2) is 46.3 Å². The molecule has 0 unspecified atom stereocenters. The van der Waals surface area contributed by atoms with Crippen LogP contribution in [0.1, 0.15) is 16.7 Å². The zero-order chi connectivity index (χ0) is 17.3. The molecule has 0 saturated carbocycles. The number of hydrogen-bond acceptors (Lipinski definition) is 4. The van der Waals surface area contributed by atoms with E-state index in [-0.39, 0.29) is 16.7 Å². The number of amides is 1. The molecule has 2 N–H and O–H groups in total. The van der Waals surface area contributed by atoms with E-state index in [2.05, 4.69) is 10.3 Å². The van der Waals surface area contributed by atoms with Gasteiger partial charge in [0.1, 0.15) is 5.75 Å². The van der Waals surface area contributed by atoms with Crippen LogP contribution < -0.4 is 5.32 Å². The Morgan fingerprint density at radius 2 is 1.96 bits per heavy atom. The summed E-state index contributed by atoms with van der Waals surface area (Å²) in [5.41, 5.74) is 3.89. The summed E-state index contributed by atoms with van der Waals surface area (Å²) < 4.78 is 0. The topological polar surface area (TPSA) is 61.7 Å². The van der Waals surface area contributed by atoms with Gasteiger partial charge in [-0.05, 0) is 72.6 Å². The van der Waals surface area contributed by atoms with Crippen molar-refractivity contribution in [2.75, 3.05) is 0 Å². The van der Waals surface area contributed by atoms with Crippen molar-refractivity contribution in [1.29, 1.82) is 0 Å². The lowest BCUT2D eigenvalue weighted by atomic mass is 10.1. The highest BCUT2D eigenvalue weighted by molar-refractivity contribution is 8.18. The summed E-state index contributed by atoms with van der Waals surface area (Å²) in [5, 5.41) is 13.0. The van der Waals surface area contributed by atoms with Crippen LogP contribution in [0.4, 0.5) is 5.69 Å². The molecule has 0 spiro atoms. The van der Waals surface area contributed by atoms with Crippen molar-refractivity contribution < 1.29 is 9.90 Å². The summed E-state index contributed by atoms with van der Waals surface area (Å²) in [5.74, 6) is -0.189. The Bertz CT molecular complexity index is 891. The van der Waals surface area contributed by atoms with Gasteiger partial charge in [-0.2, -0.15) is 0 Å². The summed E-state index contributed by atoms with van der Waals surface area (Å²) in [6, 6.07) is 10.7. The van der Waals surface area contributed by atoms with E-state index in [1.54, 1.807) is 18.2 Å². The molecule has 0 atom stereocenters. The molecule has 1 saturated heterocycles. The van der Waals surface area contributed by atoms with E-state index in [1.165, 1.54) is 23.4 Å². The highest BCUT2D eigenvalue weighted by atomic mass is 35.5. The number of phenols is 1. The number of nitrogens with one attached hydrogen (secondary N) is 1. The number of aryl methyl sites for hydroxylation is 2. The molecule has 6 heteroatoms. The third-order valence-electron chi connectivity index (χ3n) is 3.64. The first-order valence-electron chi connectivity index (χ1n) is 7.28. The first kappa shape index (κ1) is 16.6. The van der Waals surface area contributed by atoms with Crippen molar-refractivity contribution in [1.82, 2.24) is 5.32 Å². The Morgan fingerprint density at radius 1 is 1.17 bits per heavy atom. The highest BCUT2D eigenvalue weighted by Gasteiger charge is 2.23. The van der Waals surface area contributed by atoms with Gasteiger partial charge in [0.15, 0.2) is 5.17 Å². The molecule has 0 aliphatic carbocycles. The smallest absolute Gasteiger partial charge is 0.264 e. The minimum Gasteiger partial charge on any atom is -0.506 e. The van der Waals surface area contributed by atoms with Gasteiger partial charge in [-0.1, -0.05) is 23.7 Å². The van der Waals surface area contributed by atoms with E-state index >= 15 is 0 Å². The SMILES string of the molecule is Cc1ccc(N=C2NC(=O)/C(=C/c3ccc(O)c(Cl)c3)S2)cc1C. The van der Waals surface area contributed by atoms with Crippen molar-refractivity contribution in [3.05, 3.63) is 63.0 Å². The molecule has 0 radical (unpaired) electrons. The monoisotopic (exact) mass is 358 g/mol. The van der Waals surface area contributed by atoms with Crippen LogP contribution >= 0.6 is 23.4 Å². The first-order valence-corrected chi connectivity index (χ1v) is 8.47. The summed E-state index contributed by atoms with van der Waals surface area (Å²) >= 11 is 7.16. The number of phenolic OH excluding ortho intramolecular Hbond substituents is 1. The summed E-state index contributed by atoms with van der Waals surface area (Å²) in [6.45, 7) is 4.07. The predicted molar refractivity (Wildman–Crippen MR) is 99.8 cm³/mol. The third kappa shape index (κ3) is 3.63. The molecule has 122 valence electrons. The van der Waals surface area contributed by atoms with Crippen molar-refractivity contribution >= 4 is 46.2 Å². The number of nitrogens with zero attached hydrogens (tertiary/aromatic N) is 1. The average molecular weight is 359 g/mol. The molecule has 0 bridgehead atoms. The lowest BCUT2D eigenvalue weighted by Crippen LogP contribution is -2.19. The van der Waals surface area contributed by atoms with Crippen LogP contribution in [-0.4, -0.2) is 16.2 Å². The standard InChI is InChI=1S/C18H15ClN2O2S/c1-10-3-5-13(7-11(10)2)20-18-21-17(23)16(24-18)9-12-4-6-15(22)14(19)8-12/h3-9,22H,1-2H3,(H,20,21,23)/b16-9-. The Labute approximate surface area is 149 Å². The number of hydrogen-bond donors (Lipinski definition) is 2. The zero-order valence-corrected chi connectivity index (χ0v) is 14.7. The van der Waals surface area contributed by atoms with E-state index < -0.39 is 0 Å². The van der Waals surface area contributed by atoms with Gasteiger partial charge in [0, 0.05) is 0 Å². The number of thioether (sulfide) groups is 1. The first-order chi connectivity index (χ1) is 11.4. The normalized spacial score (nSPS) is 17.5. The molecular formula is C18H15ClN2O2S. The Hall–Kier alpha value is -2.24. The van der Waals surface area contributed by atoms with E-state index in [0.29, 0.717) is 10.1 Å². The lowest BCUT2D eigenvalue weighted by Gasteiger charge is -2.01. The third-order valence-corrected chi connectivity index (χ3v) is 4.85. The van der Waals surface area contributed by atoms with Gasteiger partial charge in [-0.3, -0.25) is 4.79 Å². The minimum absolute atomic E-state index is 0.0133. The van der Waals surface area contributed by atoms with Crippen LogP contribution in [0.25, 0.3) is 6.08 Å². The van der Waals surface area contributed by atoms with Crippen molar-refractivity contribution in [2.24, 2.45) is 4.99 Å². The largest absolute Gasteiger partial charge is 0.506 e. The number of rotatable bonds is 2. The number of halogens is 1. The minimum atomic E-state index is -0.202.